The van der Waals surface area contributed by atoms with Crippen LogP contribution in [-0.2, 0) is 16.0 Å². The summed E-state index contributed by atoms with van der Waals surface area (Å²) in [6.07, 6.45) is 3.98. The molecule has 0 unspecified atom stereocenters. The fourth-order valence-corrected chi connectivity index (χ4v) is 3.53. The minimum Gasteiger partial charge on any atom is -0.461 e. The summed E-state index contributed by atoms with van der Waals surface area (Å²) in [5, 5.41) is 6.92. The molecule has 0 aliphatic rings. The summed E-state index contributed by atoms with van der Waals surface area (Å²) in [6.45, 7) is 0.273. The number of esters is 1. The molecule has 0 N–H and O–H groups in total. The summed E-state index contributed by atoms with van der Waals surface area (Å²) in [4.78, 5) is 16.3. The van der Waals surface area contributed by atoms with Gasteiger partial charge in [-0.15, -0.1) is 11.3 Å². The van der Waals surface area contributed by atoms with Gasteiger partial charge in [-0.1, -0.05) is 36.4 Å². The van der Waals surface area contributed by atoms with E-state index in [0.717, 1.165) is 21.8 Å². The molecule has 0 radical (unpaired) electrons. The van der Waals surface area contributed by atoms with Crippen LogP contribution in [0.15, 0.2) is 58.6 Å². The lowest BCUT2D eigenvalue weighted by molar-refractivity contribution is -0.141. The summed E-state index contributed by atoms with van der Waals surface area (Å²) in [5.74, 6) is -0.259. The van der Waals surface area contributed by atoms with Gasteiger partial charge in [0, 0.05) is 16.3 Å². The van der Waals surface area contributed by atoms with Crippen LogP contribution in [0.4, 0.5) is 0 Å². The number of carbonyl (C=O) groups excluding carboxylic acids is 1. The fraction of sp³-hybridized carbons (Fsp3) is 0.111. The number of hydrogen-bond acceptors (Lipinski definition) is 5. The van der Waals surface area contributed by atoms with Gasteiger partial charge in [0.1, 0.15) is 11.6 Å². The number of hydrogen-bond donors (Lipinski definition) is 0. The Labute approximate surface area is 142 Å². The number of ether oxygens (including phenoxy) is 1. The molecule has 0 aliphatic heterocycles. The normalized spacial score (nSPS) is 11.0. The standard InChI is InChI=1S/C18H15NO2S2/c20-17(21-9-4-7-14-5-2-1-3-6-14)11-16-13-23-18(19-16)15-8-10-22-12-15/h1-8,10,12-13H,9,11H2/b7-4+. The molecule has 3 rings (SSSR count). The van der Waals surface area contributed by atoms with Crippen molar-refractivity contribution in [3.05, 3.63) is 69.9 Å². The highest BCUT2D eigenvalue weighted by Crippen LogP contribution is 2.25. The maximum absolute atomic E-state index is 11.8. The zero-order chi connectivity index (χ0) is 15.9. The third-order valence-corrected chi connectivity index (χ3v) is 4.72. The molecule has 0 saturated carbocycles. The van der Waals surface area contributed by atoms with Crippen molar-refractivity contribution in [2.24, 2.45) is 0 Å². The Bertz CT molecular complexity index is 776. The van der Waals surface area contributed by atoms with Gasteiger partial charge >= 0.3 is 5.97 Å². The minimum atomic E-state index is -0.259. The van der Waals surface area contributed by atoms with E-state index < -0.39 is 0 Å². The fourth-order valence-electron chi connectivity index (χ4n) is 2.00. The Morgan fingerprint density at radius 2 is 2.04 bits per heavy atom. The molecule has 116 valence electrons. The molecule has 1 aromatic carbocycles. The van der Waals surface area contributed by atoms with E-state index in [0.29, 0.717) is 0 Å². The van der Waals surface area contributed by atoms with Crippen LogP contribution < -0.4 is 0 Å². The quantitative estimate of drug-likeness (QED) is 0.612. The lowest BCUT2D eigenvalue weighted by Gasteiger charge is -1.99. The van der Waals surface area contributed by atoms with Crippen molar-refractivity contribution in [1.29, 1.82) is 0 Å². The average molecular weight is 341 g/mol. The van der Waals surface area contributed by atoms with Crippen LogP contribution in [0.3, 0.4) is 0 Å². The molecule has 0 spiro atoms. The predicted octanol–water partition coefficient (Wildman–Crippen LogP) is 4.67. The first kappa shape index (κ1) is 15.6. The van der Waals surface area contributed by atoms with Crippen molar-refractivity contribution in [3.63, 3.8) is 0 Å². The molecule has 23 heavy (non-hydrogen) atoms. The van der Waals surface area contributed by atoms with Crippen LogP contribution in [0.1, 0.15) is 11.3 Å². The molecule has 5 heteroatoms. The second kappa shape index (κ2) is 7.85. The van der Waals surface area contributed by atoms with E-state index in [1.54, 1.807) is 22.7 Å². The number of benzene rings is 1. The van der Waals surface area contributed by atoms with Crippen LogP contribution in [0.5, 0.6) is 0 Å². The first-order chi connectivity index (χ1) is 11.3. The highest BCUT2D eigenvalue weighted by molar-refractivity contribution is 7.14. The van der Waals surface area contributed by atoms with Gasteiger partial charge in [0.15, 0.2) is 0 Å². The second-order valence-electron chi connectivity index (χ2n) is 4.83. The zero-order valence-electron chi connectivity index (χ0n) is 12.3. The van der Waals surface area contributed by atoms with Crippen LogP contribution in [0.25, 0.3) is 16.6 Å². The average Bonchev–Trinajstić information content (AvgIpc) is 3.24. The maximum atomic E-state index is 11.8. The number of thiazole rings is 1. The Hall–Kier alpha value is -2.24. The number of nitrogens with zero attached hydrogens (tertiary/aromatic N) is 1. The van der Waals surface area contributed by atoms with E-state index in [4.69, 9.17) is 4.74 Å². The van der Waals surface area contributed by atoms with E-state index >= 15 is 0 Å². The monoisotopic (exact) mass is 341 g/mol. The van der Waals surface area contributed by atoms with E-state index in [9.17, 15) is 4.79 Å². The summed E-state index contributed by atoms with van der Waals surface area (Å²) in [6, 6.07) is 11.9. The van der Waals surface area contributed by atoms with Crippen molar-refractivity contribution >= 4 is 34.7 Å². The molecule has 2 aromatic heterocycles. The zero-order valence-corrected chi connectivity index (χ0v) is 14.0. The second-order valence-corrected chi connectivity index (χ2v) is 6.47. The predicted molar refractivity (Wildman–Crippen MR) is 95.6 cm³/mol. The number of aromatic nitrogens is 1. The highest BCUT2D eigenvalue weighted by atomic mass is 32.1. The molecule has 2 heterocycles. The van der Waals surface area contributed by atoms with Gasteiger partial charge in [0.05, 0.1) is 12.1 Å². The summed E-state index contributed by atoms with van der Waals surface area (Å²) < 4.78 is 5.21. The van der Waals surface area contributed by atoms with Crippen LogP contribution in [-0.4, -0.2) is 17.6 Å². The van der Waals surface area contributed by atoms with Gasteiger partial charge in [0.25, 0.3) is 0 Å². The van der Waals surface area contributed by atoms with Crippen LogP contribution >= 0.6 is 22.7 Å². The Balaban J connectivity index is 1.47. The number of rotatable bonds is 6. The third-order valence-electron chi connectivity index (χ3n) is 3.10. The first-order valence-electron chi connectivity index (χ1n) is 7.15. The lowest BCUT2D eigenvalue weighted by atomic mass is 10.2. The van der Waals surface area contributed by atoms with Gasteiger partial charge in [0.2, 0.25) is 0 Å². The third kappa shape index (κ3) is 4.61. The van der Waals surface area contributed by atoms with Crippen molar-refractivity contribution in [3.8, 4) is 10.6 Å². The smallest absolute Gasteiger partial charge is 0.312 e. The Kier molecular flexibility index (Phi) is 5.34. The van der Waals surface area contributed by atoms with Crippen molar-refractivity contribution in [2.45, 2.75) is 6.42 Å². The van der Waals surface area contributed by atoms with Gasteiger partial charge in [-0.25, -0.2) is 4.98 Å². The van der Waals surface area contributed by atoms with E-state index in [1.165, 1.54) is 0 Å². The minimum absolute atomic E-state index is 0.208. The molecule has 3 nitrogen and oxygen atoms in total. The molecule has 0 bridgehead atoms. The molecule has 0 saturated heterocycles. The largest absolute Gasteiger partial charge is 0.461 e. The van der Waals surface area contributed by atoms with E-state index in [-0.39, 0.29) is 19.0 Å². The van der Waals surface area contributed by atoms with E-state index in [2.05, 4.69) is 10.4 Å². The van der Waals surface area contributed by atoms with Crippen molar-refractivity contribution < 1.29 is 9.53 Å². The highest BCUT2D eigenvalue weighted by Gasteiger charge is 2.09. The summed E-state index contributed by atoms with van der Waals surface area (Å²) in [5.41, 5.74) is 2.95. The Morgan fingerprint density at radius 1 is 1.17 bits per heavy atom. The van der Waals surface area contributed by atoms with Gasteiger partial charge in [-0.2, -0.15) is 11.3 Å². The first-order valence-corrected chi connectivity index (χ1v) is 8.98. The van der Waals surface area contributed by atoms with Gasteiger partial charge in [-0.3, -0.25) is 4.79 Å². The number of thiophene rings is 1. The van der Waals surface area contributed by atoms with Crippen LogP contribution in [0.2, 0.25) is 0 Å². The molecular weight excluding hydrogens is 326 g/mol. The topological polar surface area (TPSA) is 39.2 Å². The van der Waals surface area contributed by atoms with Crippen LogP contribution in [0, 0.1) is 0 Å². The number of carbonyl (C=O) groups is 1. The SMILES string of the molecule is O=C(Cc1csc(-c2ccsc2)n1)OC/C=C/c1ccccc1. The molecule has 0 amide bonds. The van der Waals surface area contributed by atoms with Gasteiger partial charge < -0.3 is 4.74 Å². The summed E-state index contributed by atoms with van der Waals surface area (Å²) >= 11 is 3.19. The lowest BCUT2D eigenvalue weighted by Crippen LogP contribution is -2.08. The molecule has 3 aromatic rings. The molecule has 0 atom stereocenters. The summed E-state index contributed by atoms with van der Waals surface area (Å²) in [7, 11) is 0. The van der Waals surface area contributed by atoms with E-state index in [1.807, 2.05) is 59.3 Å². The Morgan fingerprint density at radius 3 is 2.83 bits per heavy atom. The molecule has 0 fully saturated rings. The molecular formula is C18H15NO2S2. The van der Waals surface area contributed by atoms with Gasteiger partial charge in [-0.05, 0) is 23.1 Å². The maximum Gasteiger partial charge on any atom is 0.312 e. The van der Waals surface area contributed by atoms with Crippen molar-refractivity contribution in [1.82, 2.24) is 4.98 Å². The molecule has 0 aliphatic carbocycles. The van der Waals surface area contributed by atoms with Crippen molar-refractivity contribution in [2.75, 3.05) is 6.61 Å².